The third-order valence-electron chi connectivity index (χ3n) is 6.15. The molecule has 0 unspecified atom stereocenters. The molecule has 5 heteroatoms. The summed E-state index contributed by atoms with van der Waals surface area (Å²) in [5, 5.41) is 4.80. The van der Waals surface area contributed by atoms with E-state index in [1.165, 1.54) is 17.5 Å². The molecule has 0 spiro atoms. The molecule has 0 radical (unpaired) electrons. The van der Waals surface area contributed by atoms with E-state index in [0.29, 0.717) is 23.2 Å². The Hall–Kier alpha value is -2.33. The van der Waals surface area contributed by atoms with Crippen LogP contribution in [0.25, 0.3) is 10.9 Å². The molecule has 3 heterocycles. The van der Waals surface area contributed by atoms with Crippen LogP contribution in [0.2, 0.25) is 5.02 Å². The quantitative estimate of drug-likeness (QED) is 0.515. The SMILES string of the molecule is Cc1cc2c(c(C)n1)CNC(=O)c1cc(Cl)cc3c1c(cn3C(C)C)CCCCC2. The van der Waals surface area contributed by atoms with Gasteiger partial charge < -0.3 is 9.88 Å². The van der Waals surface area contributed by atoms with Crippen molar-refractivity contribution in [3.63, 3.8) is 0 Å². The maximum atomic E-state index is 13.3. The molecule has 3 aromatic rings. The van der Waals surface area contributed by atoms with Crippen molar-refractivity contribution in [1.82, 2.24) is 14.9 Å². The lowest BCUT2D eigenvalue weighted by atomic mass is 9.98. The van der Waals surface area contributed by atoms with Crippen LogP contribution in [0.4, 0.5) is 0 Å². The minimum Gasteiger partial charge on any atom is -0.348 e. The van der Waals surface area contributed by atoms with Crippen LogP contribution in [0.3, 0.4) is 0 Å². The molecule has 0 saturated carbocycles. The van der Waals surface area contributed by atoms with Crippen LogP contribution in [0.1, 0.15) is 77.6 Å². The Morgan fingerprint density at radius 1 is 1.07 bits per heavy atom. The van der Waals surface area contributed by atoms with Gasteiger partial charge in [0.25, 0.3) is 5.91 Å². The largest absolute Gasteiger partial charge is 0.348 e. The number of hydrogen-bond acceptors (Lipinski definition) is 2. The summed E-state index contributed by atoms with van der Waals surface area (Å²) in [5.74, 6) is -0.0737. The fraction of sp³-hybridized carbons (Fsp3) is 0.440. The summed E-state index contributed by atoms with van der Waals surface area (Å²) >= 11 is 6.45. The number of rotatable bonds is 1. The number of benzene rings is 1. The Labute approximate surface area is 183 Å². The number of nitrogens with one attached hydrogen (secondary N) is 1. The number of carbonyl (C=O) groups excluding carboxylic acids is 1. The summed E-state index contributed by atoms with van der Waals surface area (Å²) in [6.07, 6.45) is 7.63. The molecule has 4 rings (SSSR count). The van der Waals surface area contributed by atoms with Crippen molar-refractivity contribution in [3.05, 3.63) is 63.1 Å². The second-order valence-corrected chi connectivity index (χ2v) is 9.17. The van der Waals surface area contributed by atoms with Crippen LogP contribution < -0.4 is 5.32 Å². The van der Waals surface area contributed by atoms with Crippen molar-refractivity contribution in [2.45, 2.75) is 72.4 Å². The first-order chi connectivity index (χ1) is 14.3. The Morgan fingerprint density at radius 3 is 2.53 bits per heavy atom. The number of fused-ring (bicyclic) bond motifs is 1. The van der Waals surface area contributed by atoms with Crippen LogP contribution in [-0.2, 0) is 19.4 Å². The minimum atomic E-state index is -0.0737. The molecule has 1 aliphatic rings. The second-order valence-electron chi connectivity index (χ2n) is 8.73. The highest BCUT2D eigenvalue weighted by atomic mass is 35.5. The molecule has 158 valence electrons. The Balaban J connectivity index is 1.82. The van der Waals surface area contributed by atoms with Gasteiger partial charge in [0.05, 0.1) is 11.1 Å². The minimum absolute atomic E-state index is 0.0737. The van der Waals surface area contributed by atoms with Gasteiger partial charge in [0.1, 0.15) is 0 Å². The Kier molecular flexibility index (Phi) is 5.88. The highest BCUT2D eigenvalue weighted by Crippen LogP contribution is 2.32. The number of amides is 1. The number of carbonyl (C=O) groups is 1. The number of pyridine rings is 1. The normalized spacial score (nSPS) is 15.3. The van der Waals surface area contributed by atoms with Crippen molar-refractivity contribution in [2.24, 2.45) is 0 Å². The Bertz CT molecular complexity index is 1110. The summed E-state index contributed by atoms with van der Waals surface area (Å²) in [6, 6.07) is 6.28. The van der Waals surface area contributed by atoms with Gasteiger partial charge in [0, 0.05) is 40.6 Å². The van der Waals surface area contributed by atoms with Crippen molar-refractivity contribution in [1.29, 1.82) is 0 Å². The van der Waals surface area contributed by atoms with Gasteiger partial charge in [0.15, 0.2) is 0 Å². The van der Waals surface area contributed by atoms with E-state index in [1.54, 1.807) is 0 Å². The number of aryl methyl sites for hydroxylation is 4. The maximum absolute atomic E-state index is 13.3. The van der Waals surface area contributed by atoms with Crippen molar-refractivity contribution in [2.75, 3.05) is 0 Å². The van der Waals surface area contributed by atoms with E-state index in [-0.39, 0.29) is 5.91 Å². The van der Waals surface area contributed by atoms with E-state index in [9.17, 15) is 4.79 Å². The molecule has 1 aromatic carbocycles. The molecule has 4 nitrogen and oxygen atoms in total. The first-order valence-electron chi connectivity index (χ1n) is 10.9. The van der Waals surface area contributed by atoms with Crippen LogP contribution in [0.5, 0.6) is 0 Å². The number of nitrogens with zero attached hydrogens (tertiary/aromatic N) is 2. The fourth-order valence-corrected chi connectivity index (χ4v) is 4.92. The topological polar surface area (TPSA) is 46.9 Å². The molecule has 0 bridgehead atoms. The molecule has 0 fully saturated rings. The molecule has 30 heavy (non-hydrogen) atoms. The van der Waals surface area contributed by atoms with E-state index in [4.69, 9.17) is 11.6 Å². The zero-order valence-corrected chi connectivity index (χ0v) is 19.1. The maximum Gasteiger partial charge on any atom is 0.252 e. The monoisotopic (exact) mass is 423 g/mol. The van der Waals surface area contributed by atoms with Crippen LogP contribution in [0, 0.1) is 13.8 Å². The smallest absolute Gasteiger partial charge is 0.252 e. The highest BCUT2D eigenvalue weighted by molar-refractivity contribution is 6.32. The number of halogens is 1. The van der Waals surface area contributed by atoms with E-state index < -0.39 is 0 Å². The fourth-order valence-electron chi connectivity index (χ4n) is 4.70. The van der Waals surface area contributed by atoms with Crippen molar-refractivity contribution >= 4 is 28.4 Å². The van der Waals surface area contributed by atoms with Crippen LogP contribution in [-0.4, -0.2) is 15.5 Å². The zero-order chi connectivity index (χ0) is 21.4. The third-order valence-corrected chi connectivity index (χ3v) is 6.37. The van der Waals surface area contributed by atoms with Gasteiger partial charge in [-0.3, -0.25) is 9.78 Å². The molecular formula is C25H30ClN3O. The molecule has 1 aliphatic heterocycles. The summed E-state index contributed by atoms with van der Waals surface area (Å²) < 4.78 is 2.24. The lowest BCUT2D eigenvalue weighted by Crippen LogP contribution is -2.24. The summed E-state index contributed by atoms with van der Waals surface area (Å²) in [6.45, 7) is 8.89. The predicted octanol–water partition coefficient (Wildman–Crippen LogP) is 6.09. The molecule has 0 aliphatic carbocycles. The molecule has 1 amide bonds. The first kappa shape index (κ1) is 20.9. The summed E-state index contributed by atoms with van der Waals surface area (Å²) in [4.78, 5) is 17.9. The molecule has 1 N–H and O–H groups in total. The molecule has 0 saturated heterocycles. The van der Waals surface area contributed by atoms with Gasteiger partial charge in [-0.1, -0.05) is 18.0 Å². The molecule has 2 aromatic heterocycles. The predicted molar refractivity (Wildman–Crippen MR) is 123 cm³/mol. The number of aromatic nitrogens is 2. The second kappa shape index (κ2) is 8.43. The average Bonchev–Trinajstić information content (AvgIpc) is 3.04. The van der Waals surface area contributed by atoms with Gasteiger partial charge >= 0.3 is 0 Å². The molecule has 0 atom stereocenters. The average molecular weight is 424 g/mol. The van der Waals surface area contributed by atoms with E-state index in [2.05, 4.69) is 41.0 Å². The van der Waals surface area contributed by atoms with E-state index in [0.717, 1.165) is 53.5 Å². The standard InChI is InChI=1S/C25H30ClN3O/c1-15(2)29-14-19-9-7-5-6-8-18-10-16(3)28-17(4)22(18)13-27-25(30)21-11-20(26)12-23(29)24(19)21/h10-12,14-15H,5-9,13H2,1-4H3,(H,27,30). The lowest BCUT2D eigenvalue weighted by molar-refractivity contribution is 0.0952. The van der Waals surface area contributed by atoms with Crippen LogP contribution in [0.15, 0.2) is 24.4 Å². The first-order valence-corrected chi connectivity index (χ1v) is 11.3. The van der Waals surface area contributed by atoms with E-state index in [1.807, 2.05) is 26.0 Å². The zero-order valence-electron chi connectivity index (χ0n) is 18.3. The van der Waals surface area contributed by atoms with Gasteiger partial charge in [-0.2, -0.15) is 0 Å². The Morgan fingerprint density at radius 2 is 1.80 bits per heavy atom. The van der Waals surface area contributed by atoms with Gasteiger partial charge in [-0.05, 0) is 88.3 Å². The number of hydrogen-bond donors (Lipinski definition) is 1. The summed E-state index contributed by atoms with van der Waals surface area (Å²) in [5.41, 5.74) is 7.45. The molecular weight excluding hydrogens is 394 g/mol. The lowest BCUT2D eigenvalue weighted by Gasteiger charge is -2.15. The van der Waals surface area contributed by atoms with Crippen molar-refractivity contribution in [3.8, 4) is 0 Å². The van der Waals surface area contributed by atoms with Crippen LogP contribution >= 0.6 is 11.6 Å². The summed E-state index contributed by atoms with van der Waals surface area (Å²) in [7, 11) is 0. The highest BCUT2D eigenvalue weighted by Gasteiger charge is 2.20. The van der Waals surface area contributed by atoms with E-state index >= 15 is 0 Å². The van der Waals surface area contributed by atoms with Crippen molar-refractivity contribution < 1.29 is 4.79 Å². The third kappa shape index (κ3) is 3.98. The van der Waals surface area contributed by atoms with Gasteiger partial charge in [0.2, 0.25) is 0 Å². The van der Waals surface area contributed by atoms with Gasteiger partial charge in [-0.25, -0.2) is 0 Å². The van der Waals surface area contributed by atoms with Gasteiger partial charge in [-0.15, -0.1) is 0 Å².